The molecule has 0 saturated heterocycles. The standard InChI is InChI=1S/C13H14O2/c1-8-5-11(9(2)14)7-12(13(8)15)6-10-3-4-10/h5-7,14-15H,2-4H2,1H3. The molecule has 0 aromatic heterocycles. The van der Waals surface area contributed by atoms with Crippen LogP contribution in [0.15, 0.2) is 24.3 Å². The highest BCUT2D eigenvalue weighted by atomic mass is 16.3. The van der Waals surface area contributed by atoms with Crippen LogP contribution in [0, 0.1) is 6.92 Å². The van der Waals surface area contributed by atoms with Crippen LogP contribution in [-0.4, -0.2) is 10.2 Å². The Morgan fingerprint density at radius 1 is 1.40 bits per heavy atom. The lowest BCUT2D eigenvalue weighted by molar-refractivity contribution is 0.469. The van der Waals surface area contributed by atoms with Crippen molar-refractivity contribution in [1.29, 1.82) is 0 Å². The molecule has 0 aliphatic heterocycles. The fourth-order valence-electron chi connectivity index (χ4n) is 1.52. The summed E-state index contributed by atoms with van der Waals surface area (Å²) in [5.74, 6) is 0.327. The van der Waals surface area contributed by atoms with Gasteiger partial charge in [0.2, 0.25) is 0 Å². The molecule has 0 heterocycles. The van der Waals surface area contributed by atoms with Crippen LogP contribution in [0.3, 0.4) is 0 Å². The number of hydrogen-bond acceptors (Lipinski definition) is 2. The molecule has 15 heavy (non-hydrogen) atoms. The van der Waals surface area contributed by atoms with Gasteiger partial charge in [0.05, 0.1) is 0 Å². The second-order valence-electron chi connectivity index (χ2n) is 3.98. The predicted octanol–water partition coefficient (Wildman–Crippen LogP) is 3.41. The Hall–Kier alpha value is -1.70. The molecule has 0 spiro atoms. The van der Waals surface area contributed by atoms with E-state index in [1.54, 1.807) is 12.1 Å². The number of aryl methyl sites for hydroxylation is 1. The molecule has 0 radical (unpaired) electrons. The summed E-state index contributed by atoms with van der Waals surface area (Å²) in [5.41, 5.74) is 3.53. The molecule has 1 saturated carbocycles. The van der Waals surface area contributed by atoms with E-state index in [9.17, 15) is 10.2 Å². The SMILES string of the molecule is C=C(O)c1cc(C)c(O)c(C=C2CC2)c1. The number of hydrogen-bond donors (Lipinski definition) is 2. The van der Waals surface area contributed by atoms with Crippen molar-refractivity contribution in [3.8, 4) is 5.75 Å². The Kier molecular flexibility index (Phi) is 2.27. The van der Waals surface area contributed by atoms with Crippen molar-refractivity contribution in [3.05, 3.63) is 41.0 Å². The topological polar surface area (TPSA) is 40.5 Å². The minimum absolute atomic E-state index is 0.0357. The first-order valence-electron chi connectivity index (χ1n) is 4.99. The molecular weight excluding hydrogens is 188 g/mol. The molecule has 1 aliphatic rings. The minimum Gasteiger partial charge on any atom is -0.508 e. The van der Waals surface area contributed by atoms with E-state index in [-0.39, 0.29) is 5.76 Å². The highest BCUT2D eigenvalue weighted by molar-refractivity contribution is 5.69. The van der Waals surface area contributed by atoms with Crippen LogP contribution in [-0.2, 0) is 0 Å². The van der Waals surface area contributed by atoms with Crippen molar-refractivity contribution >= 4 is 11.8 Å². The summed E-state index contributed by atoms with van der Waals surface area (Å²) in [6.45, 7) is 5.30. The number of aliphatic hydroxyl groups is 1. The van der Waals surface area contributed by atoms with Gasteiger partial charge in [-0.25, -0.2) is 0 Å². The zero-order valence-corrected chi connectivity index (χ0v) is 8.75. The molecule has 1 aromatic rings. The first-order chi connectivity index (χ1) is 7.08. The van der Waals surface area contributed by atoms with E-state index < -0.39 is 0 Å². The van der Waals surface area contributed by atoms with E-state index in [0.717, 1.165) is 24.0 Å². The third kappa shape index (κ3) is 2.04. The van der Waals surface area contributed by atoms with Gasteiger partial charge in [-0.15, -0.1) is 0 Å². The Morgan fingerprint density at radius 3 is 2.60 bits per heavy atom. The summed E-state index contributed by atoms with van der Waals surface area (Å²) in [6, 6.07) is 3.49. The number of phenols is 1. The van der Waals surface area contributed by atoms with Gasteiger partial charge in [-0.05, 0) is 37.5 Å². The summed E-state index contributed by atoms with van der Waals surface area (Å²) in [6.07, 6.45) is 4.21. The third-order valence-electron chi connectivity index (χ3n) is 2.56. The van der Waals surface area contributed by atoms with Gasteiger partial charge < -0.3 is 10.2 Å². The van der Waals surface area contributed by atoms with Gasteiger partial charge >= 0.3 is 0 Å². The number of aliphatic hydroxyl groups excluding tert-OH is 1. The molecule has 0 bridgehead atoms. The lowest BCUT2D eigenvalue weighted by atomic mass is 10.0. The van der Waals surface area contributed by atoms with Gasteiger partial charge in [0.25, 0.3) is 0 Å². The average Bonchev–Trinajstić information content (AvgIpc) is 2.96. The molecule has 1 fully saturated rings. The third-order valence-corrected chi connectivity index (χ3v) is 2.56. The molecule has 2 heteroatoms. The zero-order chi connectivity index (χ0) is 11.0. The van der Waals surface area contributed by atoms with Gasteiger partial charge in [0.15, 0.2) is 0 Å². The fourth-order valence-corrected chi connectivity index (χ4v) is 1.52. The van der Waals surface area contributed by atoms with Crippen LogP contribution in [0.5, 0.6) is 5.75 Å². The molecule has 0 atom stereocenters. The minimum atomic E-state index is 0.0357. The summed E-state index contributed by atoms with van der Waals surface area (Å²) in [4.78, 5) is 0. The Balaban J connectivity index is 2.51. The predicted molar refractivity (Wildman–Crippen MR) is 61.7 cm³/mol. The van der Waals surface area contributed by atoms with Crippen LogP contribution in [0.2, 0.25) is 0 Å². The van der Waals surface area contributed by atoms with Crippen molar-refractivity contribution in [2.45, 2.75) is 19.8 Å². The maximum absolute atomic E-state index is 9.82. The van der Waals surface area contributed by atoms with Crippen LogP contribution >= 0.6 is 0 Å². The molecule has 2 N–H and O–H groups in total. The maximum atomic E-state index is 9.82. The molecule has 2 rings (SSSR count). The van der Waals surface area contributed by atoms with Gasteiger partial charge in [-0.3, -0.25) is 0 Å². The van der Waals surface area contributed by atoms with E-state index in [2.05, 4.69) is 6.58 Å². The van der Waals surface area contributed by atoms with Crippen LogP contribution in [0.25, 0.3) is 11.8 Å². The molecular formula is C13H14O2. The Bertz CT molecular complexity index is 450. The molecule has 0 unspecified atom stereocenters. The molecule has 0 amide bonds. The van der Waals surface area contributed by atoms with Gasteiger partial charge in [-0.2, -0.15) is 0 Å². The van der Waals surface area contributed by atoms with Crippen molar-refractivity contribution in [2.24, 2.45) is 0 Å². The van der Waals surface area contributed by atoms with E-state index in [0.29, 0.717) is 11.3 Å². The number of aromatic hydroxyl groups is 1. The van der Waals surface area contributed by atoms with Crippen molar-refractivity contribution in [2.75, 3.05) is 0 Å². The largest absolute Gasteiger partial charge is 0.508 e. The number of rotatable bonds is 2. The van der Waals surface area contributed by atoms with E-state index in [1.807, 2.05) is 13.0 Å². The fraction of sp³-hybridized carbons (Fsp3) is 0.231. The van der Waals surface area contributed by atoms with Crippen molar-refractivity contribution in [1.82, 2.24) is 0 Å². The second kappa shape index (κ2) is 3.46. The average molecular weight is 202 g/mol. The van der Waals surface area contributed by atoms with Crippen molar-refractivity contribution < 1.29 is 10.2 Å². The zero-order valence-electron chi connectivity index (χ0n) is 8.75. The second-order valence-corrected chi connectivity index (χ2v) is 3.98. The highest BCUT2D eigenvalue weighted by Crippen LogP contribution is 2.34. The lowest BCUT2D eigenvalue weighted by Gasteiger charge is -2.07. The molecule has 1 aromatic carbocycles. The summed E-state index contributed by atoms with van der Waals surface area (Å²) in [7, 11) is 0. The van der Waals surface area contributed by atoms with Crippen LogP contribution in [0.4, 0.5) is 0 Å². The van der Waals surface area contributed by atoms with Crippen LogP contribution in [0.1, 0.15) is 29.5 Å². The van der Waals surface area contributed by atoms with Gasteiger partial charge in [0.1, 0.15) is 11.5 Å². The number of benzene rings is 1. The Morgan fingerprint density at radius 2 is 2.07 bits per heavy atom. The van der Waals surface area contributed by atoms with Gasteiger partial charge in [-0.1, -0.05) is 18.2 Å². The summed E-state index contributed by atoms with van der Waals surface area (Å²) < 4.78 is 0. The highest BCUT2D eigenvalue weighted by Gasteiger charge is 2.13. The van der Waals surface area contributed by atoms with Crippen molar-refractivity contribution in [3.63, 3.8) is 0 Å². The molecule has 2 nitrogen and oxygen atoms in total. The monoisotopic (exact) mass is 202 g/mol. The molecule has 78 valence electrons. The quantitative estimate of drug-likeness (QED) is 0.721. The van der Waals surface area contributed by atoms with Crippen LogP contribution < -0.4 is 0 Å². The number of phenolic OH excluding ortho intramolecular Hbond substituents is 1. The van der Waals surface area contributed by atoms with E-state index in [4.69, 9.17) is 0 Å². The van der Waals surface area contributed by atoms with E-state index >= 15 is 0 Å². The lowest BCUT2D eigenvalue weighted by Crippen LogP contribution is -1.87. The first-order valence-corrected chi connectivity index (χ1v) is 4.99. The maximum Gasteiger partial charge on any atom is 0.125 e. The normalized spacial score (nSPS) is 13.8. The van der Waals surface area contributed by atoms with Gasteiger partial charge in [0, 0.05) is 11.1 Å². The first kappa shape index (κ1) is 9.84. The smallest absolute Gasteiger partial charge is 0.125 e. The Labute approximate surface area is 89.2 Å². The number of allylic oxidation sites excluding steroid dienone is 1. The summed E-state index contributed by atoms with van der Waals surface area (Å²) in [5, 5.41) is 19.1. The molecule has 1 aliphatic carbocycles. The van der Waals surface area contributed by atoms with E-state index in [1.165, 1.54) is 5.57 Å². The summed E-state index contributed by atoms with van der Waals surface area (Å²) >= 11 is 0.